The number of alkyl halides is 3. The Balaban J connectivity index is 1.50. The minimum Gasteiger partial charge on any atom is -0.365 e. The fourth-order valence-corrected chi connectivity index (χ4v) is 2.92. The first-order valence-electron chi connectivity index (χ1n) is 7.66. The molecule has 8 heteroatoms. The zero-order valence-electron chi connectivity index (χ0n) is 12.8. The predicted octanol–water partition coefficient (Wildman–Crippen LogP) is 1.83. The zero-order valence-corrected chi connectivity index (χ0v) is 12.8. The smallest absolute Gasteiger partial charge is 0.365 e. The Morgan fingerprint density at radius 1 is 1.17 bits per heavy atom. The summed E-state index contributed by atoms with van der Waals surface area (Å²) in [5.41, 5.74) is 0.743. The lowest BCUT2D eigenvalue weighted by atomic mass is 10.0. The van der Waals surface area contributed by atoms with E-state index in [9.17, 15) is 22.8 Å². The number of likely N-dealkylation sites (tertiary alicyclic amines) is 1. The van der Waals surface area contributed by atoms with E-state index in [1.54, 1.807) is 17.0 Å². The van der Waals surface area contributed by atoms with Gasteiger partial charge in [-0.05, 0) is 12.1 Å². The van der Waals surface area contributed by atoms with Crippen molar-refractivity contribution in [3.8, 4) is 0 Å². The second kappa shape index (κ2) is 6.43. The summed E-state index contributed by atoms with van der Waals surface area (Å²) in [6, 6.07) is 9.07. The Bertz CT molecular complexity index is 615. The standard InChI is InChI=1S/C16H17F3N2O3/c17-16(18,19)10-24-13-8-20(9-13)15(23)11-6-14(22)21(7-11)12-4-2-1-3-5-12/h1-5,11,13H,6-10H2/t11-/m1/s1. The van der Waals surface area contributed by atoms with Crippen LogP contribution < -0.4 is 4.90 Å². The van der Waals surface area contributed by atoms with E-state index in [1.807, 2.05) is 18.2 Å². The van der Waals surface area contributed by atoms with E-state index in [2.05, 4.69) is 0 Å². The molecule has 0 spiro atoms. The van der Waals surface area contributed by atoms with Crippen molar-refractivity contribution in [2.24, 2.45) is 5.92 Å². The quantitative estimate of drug-likeness (QED) is 0.839. The average Bonchev–Trinajstić information content (AvgIpc) is 2.87. The number of anilines is 1. The van der Waals surface area contributed by atoms with Gasteiger partial charge in [0.2, 0.25) is 11.8 Å². The van der Waals surface area contributed by atoms with Gasteiger partial charge in [-0.1, -0.05) is 18.2 Å². The van der Waals surface area contributed by atoms with Crippen molar-refractivity contribution in [3.05, 3.63) is 30.3 Å². The summed E-state index contributed by atoms with van der Waals surface area (Å²) in [5, 5.41) is 0. The summed E-state index contributed by atoms with van der Waals surface area (Å²) in [6.45, 7) is -0.717. The maximum atomic E-state index is 12.4. The first-order valence-corrected chi connectivity index (χ1v) is 7.66. The number of amides is 2. The number of nitrogens with zero attached hydrogens (tertiary/aromatic N) is 2. The highest BCUT2D eigenvalue weighted by Crippen LogP contribution is 2.28. The number of carbonyl (C=O) groups excluding carboxylic acids is 2. The first-order chi connectivity index (χ1) is 11.3. The second-order valence-corrected chi connectivity index (χ2v) is 6.03. The molecule has 2 saturated heterocycles. The molecule has 5 nitrogen and oxygen atoms in total. The highest BCUT2D eigenvalue weighted by molar-refractivity contribution is 6.00. The summed E-state index contributed by atoms with van der Waals surface area (Å²) in [7, 11) is 0. The van der Waals surface area contributed by atoms with Crippen molar-refractivity contribution in [3.63, 3.8) is 0 Å². The van der Waals surface area contributed by atoms with Crippen molar-refractivity contribution < 1.29 is 27.5 Å². The van der Waals surface area contributed by atoms with Crippen molar-refractivity contribution in [1.82, 2.24) is 4.90 Å². The number of benzene rings is 1. The van der Waals surface area contributed by atoms with E-state index >= 15 is 0 Å². The molecule has 2 fully saturated rings. The molecule has 2 amide bonds. The summed E-state index contributed by atoms with van der Waals surface area (Å²) in [6.07, 6.45) is -4.82. The van der Waals surface area contributed by atoms with E-state index in [-0.39, 0.29) is 31.3 Å². The van der Waals surface area contributed by atoms with Crippen LogP contribution in [0.2, 0.25) is 0 Å². The molecule has 1 aromatic carbocycles. The number of para-hydroxylation sites is 1. The van der Waals surface area contributed by atoms with Crippen LogP contribution in [-0.2, 0) is 14.3 Å². The number of rotatable bonds is 4. The maximum absolute atomic E-state index is 12.4. The summed E-state index contributed by atoms with van der Waals surface area (Å²) in [5.74, 6) is -0.778. The Morgan fingerprint density at radius 2 is 1.83 bits per heavy atom. The molecule has 24 heavy (non-hydrogen) atoms. The normalized spacial score (nSPS) is 22.0. The second-order valence-electron chi connectivity index (χ2n) is 6.03. The molecule has 0 N–H and O–H groups in total. The van der Waals surface area contributed by atoms with E-state index in [0.717, 1.165) is 5.69 Å². The van der Waals surface area contributed by atoms with Gasteiger partial charge in [-0.3, -0.25) is 9.59 Å². The predicted molar refractivity (Wildman–Crippen MR) is 79.3 cm³/mol. The molecule has 0 radical (unpaired) electrons. The van der Waals surface area contributed by atoms with Crippen molar-refractivity contribution >= 4 is 17.5 Å². The molecule has 1 aromatic rings. The van der Waals surface area contributed by atoms with E-state index in [1.165, 1.54) is 4.90 Å². The van der Waals surface area contributed by atoms with Gasteiger partial charge in [-0.15, -0.1) is 0 Å². The fourth-order valence-electron chi connectivity index (χ4n) is 2.92. The van der Waals surface area contributed by atoms with Crippen LogP contribution in [-0.4, -0.2) is 55.2 Å². The van der Waals surface area contributed by atoms with Gasteiger partial charge in [0.15, 0.2) is 0 Å². The molecule has 0 aromatic heterocycles. The van der Waals surface area contributed by atoms with Crippen LogP contribution in [0.3, 0.4) is 0 Å². The maximum Gasteiger partial charge on any atom is 0.411 e. The Hall–Kier alpha value is -2.09. The average molecular weight is 342 g/mol. The lowest BCUT2D eigenvalue weighted by molar-refractivity contribution is -0.200. The lowest BCUT2D eigenvalue weighted by Gasteiger charge is -2.40. The molecule has 3 rings (SSSR count). The highest BCUT2D eigenvalue weighted by atomic mass is 19.4. The van der Waals surface area contributed by atoms with Crippen LogP contribution in [0.1, 0.15) is 6.42 Å². The van der Waals surface area contributed by atoms with Crippen LogP contribution >= 0.6 is 0 Å². The molecular weight excluding hydrogens is 325 g/mol. The molecule has 1 atom stereocenters. The zero-order chi connectivity index (χ0) is 17.3. The fraction of sp³-hybridized carbons (Fsp3) is 0.500. The largest absolute Gasteiger partial charge is 0.411 e. The monoisotopic (exact) mass is 342 g/mol. The molecule has 0 saturated carbocycles. The van der Waals surface area contributed by atoms with Crippen molar-refractivity contribution in [2.45, 2.75) is 18.7 Å². The molecule has 0 aliphatic carbocycles. The van der Waals surface area contributed by atoms with Gasteiger partial charge < -0.3 is 14.5 Å². The molecule has 0 unspecified atom stereocenters. The number of hydrogen-bond donors (Lipinski definition) is 0. The van der Waals surface area contributed by atoms with E-state index < -0.39 is 24.8 Å². The van der Waals surface area contributed by atoms with Gasteiger partial charge in [0.25, 0.3) is 0 Å². The number of carbonyl (C=O) groups is 2. The number of hydrogen-bond acceptors (Lipinski definition) is 3. The molecule has 0 bridgehead atoms. The van der Waals surface area contributed by atoms with Gasteiger partial charge in [0.1, 0.15) is 6.61 Å². The van der Waals surface area contributed by atoms with Crippen LogP contribution in [0.25, 0.3) is 0 Å². The topological polar surface area (TPSA) is 49.9 Å². The van der Waals surface area contributed by atoms with Gasteiger partial charge in [-0.2, -0.15) is 13.2 Å². The summed E-state index contributed by atoms with van der Waals surface area (Å²) >= 11 is 0. The molecule has 130 valence electrons. The highest BCUT2D eigenvalue weighted by Gasteiger charge is 2.42. The van der Waals surface area contributed by atoms with Gasteiger partial charge >= 0.3 is 6.18 Å². The summed E-state index contributed by atoms with van der Waals surface area (Å²) in [4.78, 5) is 27.5. The van der Waals surface area contributed by atoms with Gasteiger partial charge in [0.05, 0.1) is 12.0 Å². The lowest BCUT2D eigenvalue weighted by Crippen LogP contribution is -2.57. The first kappa shape index (κ1) is 16.8. The van der Waals surface area contributed by atoms with Crippen molar-refractivity contribution in [1.29, 1.82) is 0 Å². The number of ether oxygens (including phenoxy) is 1. The van der Waals surface area contributed by atoms with Crippen LogP contribution in [0.15, 0.2) is 30.3 Å². The third-order valence-corrected chi connectivity index (χ3v) is 4.18. The van der Waals surface area contributed by atoms with Crippen LogP contribution in [0.4, 0.5) is 18.9 Å². The minimum atomic E-state index is -4.36. The van der Waals surface area contributed by atoms with Gasteiger partial charge in [-0.25, -0.2) is 0 Å². The van der Waals surface area contributed by atoms with E-state index in [0.29, 0.717) is 6.54 Å². The Kier molecular flexibility index (Phi) is 4.49. The van der Waals surface area contributed by atoms with Crippen molar-refractivity contribution in [2.75, 3.05) is 31.1 Å². The SMILES string of the molecule is O=C([C@@H]1CC(=O)N(c2ccccc2)C1)N1CC(OCC(F)(F)F)C1. The molecule has 2 aliphatic heterocycles. The molecule has 2 heterocycles. The Morgan fingerprint density at radius 3 is 2.46 bits per heavy atom. The third kappa shape index (κ3) is 3.69. The Labute approximate surface area is 137 Å². The molecule has 2 aliphatic rings. The van der Waals surface area contributed by atoms with E-state index in [4.69, 9.17) is 4.74 Å². The van der Waals surface area contributed by atoms with Crippen LogP contribution in [0, 0.1) is 5.92 Å². The van der Waals surface area contributed by atoms with Gasteiger partial charge in [0, 0.05) is 31.7 Å². The number of halogens is 3. The third-order valence-electron chi connectivity index (χ3n) is 4.18. The van der Waals surface area contributed by atoms with Crippen LogP contribution in [0.5, 0.6) is 0 Å². The minimum absolute atomic E-state index is 0.120. The molecular formula is C16H17F3N2O3. The summed E-state index contributed by atoms with van der Waals surface area (Å²) < 4.78 is 40.9.